The lowest BCUT2D eigenvalue weighted by Crippen LogP contribution is -2.47. The Morgan fingerprint density at radius 2 is 1.96 bits per heavy atom. The van der Waals surface area contributed by atoms with Crippen molar-refractivity contribution in [1.82, 2.24) is 25.1 Å². The molecular weight excluding hydrogens is 379 g/mol. The summed E-state index contributed by atoms with van der Waals surface area (Å²) < 4.78 is 44.7. The highest BCUT2D eigenvalue weighted by atomic mass is 19.4. The van der Waals surface area contributed by atoms with Crippen molar-refractivity contribution in [2.24, 2.45) is 5.92 Å². The first-order valence-corrected chi connectivity index (χ1v) is 8.61. The number of aromatic nitrogens is 4. The molecule has 0 aliphatic heterocycles. The van der Waals surface area contributed by atoms with Gasteiger partial charge in [0, 0.05) is 6.04 Å². The summed E-state index contributed by atoms with van der Waals surface area (Å²) in [7, 11) is 0. The fourth-order valence-electron chi connectivity index (χ4n) is 2.81. The zero-order valence-corrected chi connectivity index (χ0v) is 15.0. The third kappa shape index (κ3) is 5.05. The lowest BCUT2D eigenvalue weighted by atomic mass is 10.2. The Bertz CT molecular complexity index is 820. The SMILES string of the molecule is C[C@H](C1CC1)N(CC(F)(F)F)C(=O)COC(=O)c1ccc(-n2cnnn2)cc1. The lowest BCUT2D eigenvalue weighted by Gasteiger charge is -2.30. The Morgan fingerprint density at radius 3 is 2.50 bits per heavy atom. The van der Waals surface area contributed by atoms with Crippen LogP contribution in [0.1, 0.15) is 30.1 Å². The van der Waals surface area contributed by atoms with Crippen molar-refractivity contribution in [3.8, 4) is 5.69 Å². The van der Waals surface area contributed by atoms with E-state index in [0.717, 1.165) is 17.7 Å². The summed E-state index contributed by atoms with van der Waals surface area (Å²) in [5.41, 5.74) is 0.759. The first kappa shape index (κ1) is 19.8. The summed E-state index contributed by atoms with van der Waals surface area (Å²) in [5.74, 6) is -1.61. The molecule has 28 heavy (non-hydrogen) atoms. The van der Waals surface area contributed by atoms with Crippen LogP contribution in [0.3, 0.4) is 0 Å². The van der Waals surface area contributed by atoms with Gasteiger partial charge in [0.05, 0.1) is 11.3 Å². The molecule has 8 nitrogen and oxygen atoms in total. The minimum Gasteiger partial charge on any atom is -0.452 e. The van der Waals surface area contributed by atoms with Crippen molar-refractivity contribution in [3.05, 3.63) is 36.2 Å². The molecule has 0 bridgehead atoms. The number of ether oxygens (including phenoxy) is 1. The number of carbonyl (C=O) groups is 2. The van der Waals surface area contributed by atoms with Gasteiger partial charge in [-0.15, -0.1) is 5.10 Å². The molecule has 1 amide bonds. The van der Waals surface area contributed by atoms with Crippen LogP contribution in [0, 0.1) is 5.92 Å². The molecule has 1 saturated carbocycles. The second kappa shape index (κ2) is 7.95. The summed E-state index contributed by atoms with van der Waals surface area (Å²) >= 11 is 0. The van der Waals surface area contributed by atoms with E-state index < -0.39 is 37.2 Å². The highest BCUT2D eigenvalue weighted by molar-refractivity contribution is 5.91. The molecule has 1 fully saturated rings. The molecule has 1 aromatic heterocycles. The number of hydrogen-bond donors (Lipinski definition) is 0. The van der Waals surface area contributed by atoms with E-state index in [4.69, 9.17) is 4.74 Å². The van der Waals surface area contributed by atoms with E-state index in [1.54, 1.807) is 19.1 Å². The molecule has 2 aromatic rings. The molecule has 150 valence electrons. The van der Waals surface area contributed by atoms with Gasteiger partial charge in [-0.2, -0.15) is 13.2 Å². The fourth-order valence-corrected chi connectivity index (χ4v) is 2.81. The summed E-state index contributed by atoms with van der Waals surface area (Å²) in [6.45, 7) is -0.525. The first-order chi connectivity index (χ1) is 13.2. The molecule has 0 radical (unpaired) electrons. The third-order valence-corrected chi connectivity index (χ3v) is 4.51. The van der Waals surface area contributed by atoms with E-state index in [0.29, 0.717) is 5.69 Å². The Balaban J connectivity index is 1.59. The number of amides is 1. The average molecular weight is 397 g/mol. The second-order valence-electron chi connectivity index (χ2n) is 6.59. The number of halogens is 3. The van der Waals surface area contributed by atoms with Gasteiger partial charge in [-0.3, -0.25) is 4.79 Å². The Morgan fingerprint density at radius 1 is 1.29 bits per heavy atom. The monoisotopic (exact) mass is 397 g/mol. The maximum atomic E-state index is 12.8. The molecule has 3 rings (SSSR count). The molecule has 1 aliphatic carbocycles. The van der Waals surface area contributed by atoms with Crippen LogP contribution in [-0.2, 0) is 9.53 Å². The van der Waals surface area contributed by atoms with Gasteiger partial charge in [0.25, 0.3) is 5.91 Å². The predicted octanol–water partition coefficient (Wildman–Crippen LogP) is 2.01. The zero-order chi connectivity index (χ0) is 20.3. The molecule has 11 heteroatoms. The van der Waals surface area contributed by atoms with Gasteiger partial charge in [-0.1, -0.05) is 0 Å². The highest BCUT2D eigenvalue weighted by Gasteiger charge is 2.40. The minimum absolute atomic E-state index is 0.0563. The molecule has 1 aliphatic rings. The standard InChI is InChI=1S/C17H18F3N5O3/c1-11(12-2-3-12)24(9-17(18,19)20)15(26)8-28-16(27)13-4-6-14(7-5-13)25-10-21-22-23-25/h4-7,10-12H,2-3,8-9H2,1H3/t11-/m1/s1. The van der Waals surface area contributed by atoms with Gasteiger partial charge < -0.3 is 9.64 Å². The van der Waals surface area contributed by atoms with Gasteiger partial charge in [-0.25, -0.2) is 9.48 Å². The van der Waals surface area contributed by atoms with Crippen LogP contribution in [-0.4, -0.2) is 62.4 Å². The van der Waals surface area contributed by atoms with Crippen molar-refractivity contribution < 1.29 is 27.5 Å². The van der Waals surface area contributed by atoms with Crippen LogP contribution in [0.5, 0.6) is 0 Å². The Kier molecular flexibility index (Phi) is 5.61. The molecule has 1 aromatic carbocycles. The maximum Gasteiger partial charge on any atom is 0.406 e. The van der Waals surface area contributed by atoms with Crippen molar-refractivity contribution >= 4 is 11.9 Å². The number of hydrogen-bond acceptors (Lipinski definition) is 6. The zero-order valence-electron chi connectivity index (χ0n) is 15.0. The highest BCUT2D eigenvalue weighted by Crippen LogP contribution is 2.36. The van der Waals surface area contributed by atoms with Gasteiger partial charge in [0.1, 0.15) is 12.9 Å². The second-order valence-corrected chi connectivity index (χ2v) is 6.59. The third-order valence-electron chi connectivity index (χ3n) is 4.51. The van der Waals surface area contributed by atoms with Gasteiger partial charge in [0.15, 0.2) is 6.61 Å². The largest absolute Gasteiger partial charge is 0.452 e. The summed E-state index contributed by atoms with van der Waals surface area (Å²) in [5, 5.41) is 10.7. The molecular formula is C17H18F3N5O3. The van der Waals surface area contributed by atoms with Crippen LogP contribution in [0.15, 0.2) is 30.6 Å². The van der Waals surface area contributed by atoms with Crippen LogP contribution in [0.25, 0.3) is 5.69 Å². The summed E-state index contributed by atoms with van der Waals surface area (Å²) in [6, 6.07) is 5.48. The van der Waals surface area contributed by atoms with Gasteiger partial charge in [0.2, 0.25) is 0 Å². The average Bonchev–Trinajstić information content (AvgIpc) is 3.37. The molecule has 0 saturated heterocycles. The van der Waals surface area contributed by atoms with Crippen LogP contribution in [0.2, 0.25) is 0 Å². The van der Waals surface area contributed by atoms with E-state index in [2.05, 4.69) is 15.5 Å². The van der Waals surface area contributed by atoms with E-state index in [9.17, 15) is 22.8 Å². The van der Waals surface area contributed by atoms with E-state index in [1.807, 2.05) is 0 Å². The van der Waals surface area contributed by atoms with Crippen LogP contribution >= 0.6 is 0 Å². The summed E-state index contributed by atoms with van der Waals surface area (Å²) in [4.78, 5) is 25.1. The van der Waals surface area contributed by atoms with Crippen molar-refractivity contribution in [2.75, 3.05) is 13.2 Å². The number of tetrazole rings is 1. The smallest absolute Gasteiger partial charge is 0.406 e. The Hall–Kier alpha value is -2.98. The molecule has 0 unspecified atom stereocenters. The molecule has 0 N–H and O–H groups in total. The minimum atomic E-state index is -4.52. The maximum absolute atomic E-state index is 12.8. The van der Waals surface area contributed by atoms with Crippen LogP contribution in [0.4, 0.5) is 13.2 Å². The molecule has 0 spiro atoms. The van der Waals surface area contributed by atoms with Crippen molar-refractivity contribution in [1.29, 1.82) is 0 Å². The van der Waals surface area contributed by atoms with E-state index in [-0.39, 0.29) is 11.5 Å². The lowest BCUT2D eigenvalue weighted by molar-refractivity contribution is -0.167. The van der Waals surface area contributed by atoms with Crippen LogP contribution < -0.4 is 0 Å². The topological polar surface area (TPSA) is 90.2 Å². The number of rotatable bonds is 7. The van der Waals surface area contributed by atoms with Gasteiger partial charge in [-0.05, 0) is 60.4 Å². The molecule has 1 atom stereocenters. The number of carbonyl (C=O) groups excluding carboxylic acids is 2. The number of benzene rings is 1. The number of alkyl halides is 3. The fraction of sp³-hybridized carbons (Fsp3) is 0.471. The van der Waals surface area contributed by atoms with E-state index in [1.165, 1.54) is 23.1 Å². The predicted molar refractivity (Wildman–Crippen MR) is 89.4 cm³/mol. The van der Waals surface area contributed by atoms with Crippen molar-refractivity contribution in [3.63, 3.8) is 0 Å². The number of nitrogens with zero attached hydrogens (tertiary/aromatic N) is 5. The van der Waals surface area contributed by atoms with Gasteiger partial charge >= 0.3 is 12.1 Å². The normalized spacial score (nSPS) is 15.1. The van der Waals surface area contributed by atoms with Crippen molar-refractivity contribution in [2.45, 2.75) is 32.0 Å². The summed E-state index contributed by atoms with van der Waals surface area (Å²) in [6.07, 6.45) is -1.57. The molecule has 1 heterocycles. The quantitative estimate of drug-likeness (QED) is 0.664. The Labute approximate surface area is 158 Å². The first-order valence-electron chi connectivity index (χ1n) is 8.61. The number of esters is 1. The van der Waals surface area contributed by atoms with E-state index >= 15 is 0 Å².